The van der Waals surface area contributed by atoms with E-state index in [4.69, 9.17) is 10.2 Å². The van der Waals surface area contributed by atoms with Crippen LogP contribution >= 0.6 is 11.8 Å². The van der Waals surface area contributed by atoms with Crippen LogP contribution in [0.2, 0.25) is 0 Å². The smallest absolute Gasteiger partial charge is 0.249 e. The molecule has 2 aromatic carbocycles. The molecule has 8 nitrogen and oxygen atoms in total. The predicted octanol–water partition coefficient (Wildman–Crippen LogP) is 4.97. The summed E-state index contributed by atoms with van der Waals surface area (Å²) in [6.45, 7) is 1.87. The van der Waals surface area contributed by atoms with Gasteiger partial charge in [0.25, 0.3) is 0 Å². The molecule has 0 radical (unpaired) electrons. The van der Waals surface area contributed by atoms with Crippen molar-refractivity contribution in [3.8, 4) is 28.5 Å². The summed E-state index contributed by atoms with van der Waals surface area (Å²) in [5, 5.41) is 21.3. The molecule has 1 atom stereocenters. The maximum Gasteiger partial charge on any atom is 0.249 e. The van der Waals surface area contributed by atoms with Crippen molar-refractivity contribution in [1.29, 1.82) is 5.26 Å². The maximum absolute atomic E-state index is 13.3. The van der Waals surface area contributed by atoms with Crippen LogP contribution in [0.25, 0.3) is 22.5 Å². The van der Waals surface area contributed by atoms with Crippen molar-refractivity contribution < 1.29 is 9.21 Å². The van der Waals surface area contributed by atoms with Gasteiger partial charge in [0.2, 0.25) is 17.7 Å². The highest BCUT2D eigenvalue weighted by atomic mass is 32.2. The van der Waals surface area contributed by atoms with Gasteiger partial charge in [0.05, 0.1) is 0 Å². The second kappa shape index (κ2) is 9.63. The van der Waals surface area contributed by atoms with Crippen LogP contribution in [0.5, 0.6) is 0 Å². The Morgan fingerprint density at radius 3 is 2.36 bits per heavy atom. The minimum atomic E-state index is -0.667. The molecular weight excluding hydrogens is 436 g/mol. The lowest BCUT2D eigenvalue weighted by Gasteiger charge is -2.18. The zero-order chi connectivity index (χ0) is 23.4. The summed E-state index contributed by atoms with van der Waals surface area (Å²) >= 11 is 1.35. The first kappa shape index (κ1) is 22.2. The van der Waals surface area contributed by atoms with Crippen LogP contribution in [0.1, 0.15) is 24.9 Å². The fourth-order valence-electron chi connectivity index (χ4n) is 3.70. The van der Waals surface area contributed by atoms with Gasteiger partial charge in [-0.2, -0.15) is 5.26 Å². The number of anilines is 2. The largest absolute Gasteiger partial charge is 0.438 e. The first-order valence-corrected chi connectivity index (χ1v) is 11.5. The lowest BCUT2D eigenvalue weighted by molar-refractivity contribution is -0.119. The fraction of sp³-hybridized carbons (Fsp3) is 0.167. The molecule has 0 fully saturated rings. The minimum absolute atomic E-state index is 0.0935. The molecule has 1 unspecified atom stereocenters. The second-order valence-corrected chi connectivity index (χ2v) is 7.96. The lowest BCUT2D eigenvalue weighted by atomic mass is 9.98. The van der Waals surface area contributed by atoms with Gasteiger partial charge in [-0.3, -0.25) is 14.7 Å². The summed E-state index contributed by atoms with van der Waals surface area (Å²) in [6.07, 6.45) is 2.28. The van der Waals surface area contributed by atoms with Crippen molar-refractivity contribution in [3.05, 3.63) is 66.2 Å². The van der Waals surface area contributed by atoms with E-state index >= 15 is 0 Å². The molecule has 3 N–H and O–H groups in total. The van der Waals surface area contributed by atoms with E-state index in [-0.39, 0.29) is 23.3 Å². The number of aromatic nitrogens is 3. The molecule has 2 aromatic heterocycles. The number of carbonyl (C=O) groups excluding carboxylic acids is 1. The molecule has 4 aromatic rings. The number of nitrogens with two attached hydrogens (primary N) is 1. The Balaban J connectivity index is 1.80. The Kier molecular flexibility index (Phi) is 6.47. The predicted molar refractivity (Wildman–Crippen MR) is 128 cm³/mol. The molecule has 2 heterocycles. The maximum atomic E-state index is 13.3. The number of nitriles is 1. The van der Waals surface area contributed by atoms with E-state index in [9.17, 15) is 10.1 Å². The second-order valence-electron chi connectivity index (χ2n) is 7.18. The average Bonchev–Trinajstić information content (AvgIpc) is 3.41. The summed E-state index contributed by atoms with van der Waals surface area (Å²) in [5.41, 5.74) is 8.48. The highest BCUT2D eigenvalue weighted by Gasteiger charge is 2.29. The van der Waals surface area contributed by atoms with E-state index in [0.29, 0.717) is 22.9 Å². The van der Waals surface area contributed by atoms with Crippen molar-refractivity contribution >= 4 is 29.5 Å². The van der Waals surface area contributed by atoms with Gasteiger partial charge in [-0.25, -0.2) is 0 Å². The van der Waals surface area contributed by atoms with Crippen LogP contribution in [0, 0.1) is 11.3 Å². The molecule has 166 valence electrons. The Labute approximate surface area is 195 Å². The van der Waals surface area contributed by atoms with Crippen molar-refractivity contribution in [2.75, 3.05) is 17.3 Å². The van der Waals surface area contributed by atoms with Crippen LogP contribution < -0.4 is 11.1 Å². The van der Waals surface area contributed by atoms with Gasteiger partial charge in [0.1, 0.15) is 23.4 Å². The van der Waals surface area contributed by atoms with E-state index in [2.05, 4.69) is 21.6 Å². The first-order valence-electron chi connectivity index (χ1n) is 10.3. The van der Waals surface area contributed by atoms with E-state index in [0.717, 1.165) is 11.1 Å². The number of nitrogens with zero attached hydrogens (tertiary/aromatic N) is 4. The lowest BCUT2D eigenvalue weighted by Crippen LogP contribution is -2.27. The van der Waals surface area contributed by atoms with Crippen molar-refractivity contribution in [2.45, 2.75) is 24.5 Å². The van der Waals surface area contributed by atoms with E-state index in [1.165, 1.54) is 11.8 Å². The molecule has 0 bridgehead atoms. The molecule has 4 rings (SSSR count). The molecule has 9 heteroatoms. The summed E-state index contributed by atoms with van der Waals surface area (Å²) in [5.74, 6) is 0.381. The van der Waals surface area contributed by atoms with Gasteiger partial charge in [0, 0.05) is 11.1 Å². The number of nitrogen functional groups attached to an aromatic ring is 1. The molecule has 0 saturated carbocycles. The van der Waals surface area contributed by atoms with E-state index in [1.54, 1.807) is 4.57 Å². The Hall–Kier alpha value is -4.03. The van der Waals surface area contributed by atoms with Crippen molar-refractivity contribution in [3.63, 3.8) is 0 Å². The van der Waals surface area contributed by atoms with Gasteiger partial charge in [-0.1, -0.05) is 79.3 Å². The number of furan rings is 1. The normalized spacial score (nSPS) is 11.7. The number of nitrogens with one attached hydrogen (secondary N) is 1. The molecule has 0 aliphatic rings. The monoisotopic (exact) mass is 458 g/mol. The standard InChI is InChI=1S/C24H22N6O2S/c1-3-18(30-23(26)28-29-24(30)33-2)21(31)27-22-17(14-25)19(15-10-6-4-7-11-15)20(32-22)16-12-8-5-9-13-16/h4-13,18H,3H2,1-2H3,(H2,26,28)(H,27,31). The first-order chi connectivity index (χ1) is 16.1. The van der Waals surface area contributed by atoms with Crippen LogP contribution in [-0.2, 0) is 4.79 Å². The Morgan fingerprint density at radius 1 is 1.15 bits per heavy atom. The van der Waals surface area contributed by atoms with Crippen LogP contribution in [0.3, 0.4) is 0 Å². The summed E-state index contributed by atoms with van der Waals surface area (Å²) in [6, 6.07) is 20.5. The van der Waals surface area contributed by atoms with E-state index < -0.39 is 6.04 Å². The molecule has 0 saturated heterocycles. The molecule has 1 amide bonds. The molecule has 33 heavy (non-hydrogen) atoms. The molecule has 0 aliphatic carbocycles. The van der Waals surface area contributed by atoms with Gasteiger partial charge < -0.3 is 10.2 Å². The van der Waals surface area contributed by atoms with Gasteiger partial charge in [0.15, 0.2) is 5.16 Å². The summed E-state index contributed by atoms with van der Waals surface area (Å²) in [7, 11) is 0. The molecule has 0 spiro atoms. The van der Waals surface area contributed by atoms with Crippen molar-refractivity contribution in [2.24, 2.45) is 0 Å². The molecular formula is C24H22N6O2S. The number of amides is 1. The van der Waals surface area contributed by atoms with Crippen molar-refractivity contribution in [1.82, 2.24) is 14.8 Å². The molecule has 0 aliphatic heterocycles. The third-order valence-electron chi connectivity index (χ3n) is 5.23. The van der Waals surface area contributed by atoms with Gasteiger partial charge in [-0.05, 0) is 18.2 Å². The highest BCUT2D eigenvalue weighted by Crippen LogP contribution is 2.41. The third kappa shape index (κ3) is 4.21. The number of benzene rings is 2. The number of rotatable bonds is 7. The van der Waals surface area contributed by atoms with Gasteiger partial charge >= 0.3 is 0 Å². The number of thioether (sulfide) groups is 1. The van der Waals surface area contributed by atoms with Gasteiger partial charge in [-0.15, -0.1) is 10.2 Å². The zero-order valence-corrected chi connectivity index (χ0v) is 19.0. The third-order valence-corrected chi connectivity index (χ3v) is 5.87. The van der Waals surface area contributed by atoms with Crippen LogP contribution in [-0.4, -0.2) is 26.9 Å². The van der Waals surface area contributed by atoms with Crippen LogP contribution in [0.15, 0.2) is 70.2 Å². The highest BCUT2D eigenvalue weighted by molar-refractivity contribution is 7.98. The Bertz CT molecular complexity index is 1310. The minimum Gasteiger partial charge on any atom is -0.438 e. The summed E-state index contributed by atoms with van der Waals surface area (Å²) in [4.78, 5) is 13.3. The Morgan fingerprint density at radius 2 is 1.79 bits per heavy atom. The average molecular weight is 459 g/mol. The SMILES string of the molecule is CCC(C(=O)Nc1oc(-c2ccccc2)c(-c2ccccc2)c1C#N)n1c(N)nnc1SC. The summed E-state index contributed by atoms with van der Waals surface area (Å²) < 4.78 is 7.70. The van der Waals surface area contributed by atoms with E-state index in [1.807, 2.05) is 73.8 Å². The number of hydrogen-bond acceptors (Lipinski definition) is 7. The number of carbonyl (C=O) groups is 1. The van der Waals surface area contributed by atoms with Crippen LogP contribution in [0.4, 0.5) is 11.8 Å². The topological polar surface area (TPSA) is 123 Å². The fourth-order valence-corrected chi connectivity index (χ4v) is 4.24. The number of hydrogen-bond donors (Lipinski definition) is 2. The quantitative estimate of drug-likeness (QED) is 0.375. The zero-order valence-electron chi connectivity index (χ0n) is 18.1.